The second-order valence-electron chi connectivity index (χ2n) is 7.30. The molecule has 0 saturated carbocycles. The molecule has 1 aromatic heterocycles. The van der Waals surface area contributed by atoms with E-state index in [4.69, 9.17) is 0 Å². The molecule has 1 fully saturated rings. The number of anilines is 1. The van der Waals surface area contributed by atoms with Crippen molar-refractivity contribution in [3.63, 3.8) is 0 Å². The summed E-state index contributed by atoms with van der Waals surface area (Å²) in [5, 5.41) is 6.98. The van der Waals surface area contributed by atoms with Crippen LogP contribution in [0, 0.1) is 0 Å². The normalized spacial score (nSPS) is 15.4. The quantitative estimate of drug-likeness (QED) is 0.450. The maximum atomic E-state index is 13.8. The molecular weight excluding hydrogens is 398 g/mol. The molecule has 1 saturated heterocycles. The lowest BCUT2D eigenvalue weighted by molar-refractivity contribution is -0.137. The molecule has 30 heavy (non-hydrogen) atoms. The summed E-state index contributed by atoms with van der Waals surface area (Å²) in [4.78, 5) is 12.4. The van der Waals surface area contributed by atoms with Gasteiger partial charge in [0.1, 0.15) is 12.5 Å². The van der Waals surface area contributed by atoms with Crippen LogP contribution in [0.15, 0.2) is 48.5 Å². The smallest absolute Gasteiger partial charge is 0.371 e. The molecule has 0 radical (unpaired) electrons. The SMILES string of the molecule is O=Cc1ccc(-c2cc(-c3ccc(N4CCC(F)CC4)c(C(F)(F)F)c3)n[nH]2)cc1. The molecule has 1 aliphatic rings. The highest BCUT2D eigenvalue weighted by molar-refractivity contribution is 5.77. The van der Waals surface area contributed by atoms with Gasteiger partial charge in [-0.05, 0) is 36.6 Å². The number of aldehydes is 1. The summed E-state index contributed by atoms with van der Waals surface area (Å²) in [7, 11) is 0. The lowest BCUT2D eigenvalue weighted by atomic mass is 10.0. The van der Waals surface area contributed by atoms with E-state index in [1.165, 1.54) is 6.07 Å². The number of halogens is 4. The third kappa shape index (κ3) is 4.08. The Hall–Kier alpha value is -3.16. The van der Waals surface area contributed by atoms with E-state index in [1.807, 2.05) is 0 Å². The molecule has 156 valence electrons. The van der Waals surface area contributed by atoms with E-state index in [-0.39, 0.29) is 31.6 Å². The zero-order valence-corrected chi connectivity index (χ0v) is 15.9. The van der Waals surface area contributed by atoms with Crippen molar-refractivity contribution in [3.8, 4) is 22.5 Å². The molecule has 8 heteroatoms. The molecule has 0 atom stereocenters. The van der Waals surface area contributed by atoms with Gasteiger partial charge in [0.05, 0.1) is 17.0 Å². The van der Waals surface area contributed by atoms with Gasteiger partial charge in [-0.2, -0.15) is 18.3 Å². The number of H-pyrrole nitrogens is 1. The van der Waals surface area contributed by atoms with Gasteiger partial charge in [0.25, 0.3) is 0 Å². The summed E-state index contributed by atoms with van der Waals surface area (Å²) in [6.45, 7) is 0.514. The summed E-state index contributed by atoms with van der Waals surface area (Å²) in [6.07, 6.45) is -4.31. The number of hydrogen-bond acceptors (Lipinski definition) is 3. The predicted octanol–water partition coefficient (Wildman–Crippen LogP) is 5.51. The van der Waals surface area contributed by atoms with Crippen LogP contribution in [0.1, 0.15) is 28.8 Å². The maximum absolute atomic E-state index is 13.8. The Bertz CT molecular complexity index is 1040. The summed E-state index contributed by atoms with van der Waals surface area (Å²) in [6, 6.07) is 12.6. The largest absolute Gasteiger partial charge is 0.418 e. The van der Waals surface area contributed by atoms with Crippen LogP contribution in [0.5, 0.6) is 0 Å². The first-order valence-corrected chi connectivity index (χ1v) is 9.57. The van der Waals surface area contributed by atoms with Gasteiger partial charge >= 0.3 is 6.18 Å². The standard InChI is InChI=1S/C22H19F4N3O/c23-17-7-9-29(10-8-17)21-6-5-16(11-18(21)22(24,25)26)20-12-19(27-28-20)15-3-1-14(13-30)2-4-15/h1-6,11-13,17H,7-10H2,(H,27,28). The van der Waals surface area contributed by atoms with Gasteiger partial charge in [-0.25, -0.2) is 4.39 Å². The second-order valence-corrected chi connectivity index (χ2v) is 7.30. The van der Waals surface area contributed by atoms with Crippen molar-refractivity contribution >= 4 is 12.0 Å². The summed E-state index contributed by atoms with van der Waals surface area (Å²) < 4.78 is 54.7. The number of alkyl halides is 4. The molecule has 4 nitrogen and oxygen atoms in total. The lowest BCUT2D eigenvalue weighted by Gasteiger charge is -2.32. The van der Waals surface area contributed by atoms with E-state index < -0.39 is 17.9 Å². The van der Waals surface area contributed by atoms with Crippen LogP contribution < -0.4 is 4.90 Å². The Morgan fingerprint density at radius 2 is 1.67 bits per heavy atom. The maximum Gasteiger partial charge on any atom is 0.418 e. The first-order valence-electron chi connectivity index (χ1n) is 9.57. The zero-order valence-electron chi connectivity index (χ0n) is 15.9. The van der Waals surface area contributed by atoms with Crippen LogP contribution in [0.25, 0.3) is 22.5 Å². The van der Waals surface area contributed by atoms with E-state index in [2.05, 4.69) is 10.2 Å². The first-order chi connectivity index (χ1) is 14.3. The molecule has 2 heterocycles. The number of rotatable bonds is 4. The molecule has 3 aromatic rings. The number of benzene rings is 2. The Morgan fingerprint density at radius 3 is 2.30 bits per heavy atom. The molecule has 4 rings (SSSR count). The number of nitrogens with one attached hydrogen (secondary N) is 1. The molecule has 1 aliphatic heterocycles. The fourth-order valence-electron chi connectivity index (χ4n) is 3.65. The molecule has 0 spiro atoms. The van der Waals surface area contributed by atoms with Crippen LogP contribution in [-0.2, 0) is 6.18 Å². The van der Waals surface area contributed by atoms with Gasteiger partial charge in [0, 0.05) is 29.9 Å². The first kappa shape index (κ1) is 20.1. The third-order valence-electron chi connectivity index (χ3n) is 5.30. The van der Waals surface area contributed by atoms with E-state index in [0.29, 0.717) is 22.5 Å². The fourth-order valence-corrected chi connectivity index (χ4v) is 3.65. The Morgan fingerprint density at radius 1 is 1.00 bits per heavy atom. The van der Waals surface area contributed by atoms with Crippen molar-refractivity contribution in [1.29, 1.82) is 0 Å². The van der Waals surface area contributed by atoms with Crippen molar-refractivity contribution in [1.82, 2.24) is 10.2 Å². The van der Waals surface area contributed by atoms with E-state index in [0.717, 1.165) is 17.9 Å². The number of hydrogen-bond donors (Lipinski definition) is 1. The van der Waals surface area contributed by atoms with E-state index in [1.54, 1.807) is 41.3 Å². The Labute approximate surface area is 170 Å². The highest BCUT2D eigenvalue weighted by atomic mass is 19.4. The van der Waals surface area contributed by atoms with Crippen LogP contribution in [0.2, 0.25) is 0 Å². The van der Waals surface area contributed by atoms with Gasteiger partial charge in [-0.3, -0.25) is 9.89 Å². The highest BCUT2D eigenvalue weighted by Gasteiger charge is 2.36. The molecule has 2 aromatic carbocycles. The number of carbonyl (C=O) groups excluding carboxylic acids is 1. The Kier molecular flexibility index (Phi) is 5.32. The molecule has 0 bridgehead atoms. The van der Waals surface area contributed by atoms with Crippen LogP contribution in [-0.4, -0.2) is 35.7 Å². The van der Waals surface area contributed by atoms with Crippen LogP contribution in [0.4, 0.5) is 23.2 Å². The molecule has 1 N–H and O–H groups in total. The number of carbonyl (C=O) groups is 1. The predicted molar refractivity (Wildman–Crippen MR) is 106 cm³/mol. The molecular formula is C22H19F4N3O. The average Bonchev–Trinajstić information content (AvgIpc) is 3.24. The van der Waals surface area contributed by atoms with Crippen LogP contribution in [0.3, 0.4) is 0 Å². The minimum atomic E-state index is -4.54. The number of aromatic amines is 1. The highest BCUT2D eigenvalue weighted by Crippen LogP contribution is 2.40. The van der Waals surface area contributed by atoms with Crippen molar-refractivity contribution < 1.29 is 22.4 Å². The average molecular weight is 417 g/mol. The van der Waals surface area contributed by atoms with E-state index in [9.17, 15) is 22.4 Å². The topological polar surface area (TPSA) is 49.0 Å². The van der Waals surface area contributed by atoms with Crippen molar-refractivity contribution in [2.24, 2.45) is 0 Å². The number of piperidine rings is 1. The Balaban J connectivity index is 1.66. The van der Waals surface area contributed by atoms with E-state index >= 15 is 0 Å². The van der Waals surface area contributed by atoms with Crippen molar-refractivity contribution in [2.75, 3.05) is 18.0 Å². The summed E-state index contributed by atoms with van der Waals surface area (Å²) in [5.74, 6) is 0. The lowest BCUT2D eigenvalue weighted by Crippen LogP contribution is -2.35. The third-order valence-corrected chi connectivity index (χ3v) is 5.30. The van der Waals surface area contributed by atoms with Gasteiger partial charge in [0.15, 0.2) is 0 Å². The van der Waals surface area contributed by atoms with Gasteiger partial charge < -0.3 is 4.90 Å². The zero-order chi connectivity index (χ0) is 21.3. The minimum absolute atomic E-state index is 0.0679. The van der Waals surface area contributed by atoms with Gasteiger partial charge in [0.2, 0.25) is 0 Å². The molecule has 0 unspecified atom stereocenters. The molecule has 0 aliphatic carbocycles. The molecule has 0 amide bonds. The summed E-state index contributed by atoms with van der Waals surface area (Å²) in [5.41, 5.74) is 1.95. The monoisotopic (exact) mass is 417 g/mol. The van der Waals surface area contributed by atoms with Gasteiger partial charge in [-0.15, -0.1) is 0 Å². The number of nitrogens with zero attached hydrogens (tertiary/aromatic N) is 2. The minimum Gasteiger partial charge on any atom is -0.371 e. The second kappa shape index (κ2) is 7.93. The summed E-state index contributed by atoms with van der Waals surface area (Å²) >= 11 is 0. The number of aromatic nitrogens is 2. The van der Waals surface area contributed by atoms with Crippen molar-refractivity contribution in [2.45, 2.75) is 25.2 Å². The van der Waals surface area contributed by atoms with Crippen molar-refractivity contribution in [3.05, 3.63) is 59.7 Å². The fraction of sp³-hybridized carbons (Fsp3) is 0.273. The van der Waals surface area contributed by atoms with Gasteiger partial charge in [-0.1, -0.05) is 30.3 Å². The van der Waals surface area contributed by atoms with Crippen LogP contribution >= 0.6 is 0 Å².